The molecule has 1 amide bonds. The molecule has 0 spiro atoms. The third-order valence-corrected chi connectivity index (χ3v) is 4.83. The van der Waals surface area contributed by atoms with Crippen LogP contribution in [0.5, 0.6) is 5.75 Å². The number of likely N-dealkylation sites (N-methyl/N-ethyl adjacent to an activating group) is 1. The molecule has 8 heteroatoms. The van der Waals surface area contributed by atoms with E-state index in [1.165, 1.54) is 17.4 Å². The lowest BCUT2D eigenvalue weighted by Crippen LogP contribution is -2.41. The van der Waals surface area contributed by atoms with Gasteiger partial charge in [0, 0.05) is 24.5 Å². The minimum Gasteiger partial charge on any atom is -0.492 e. The third kappa shape index (κ3) is 7.24. The molecule has 2 N–H and O–H groups in total. The fourth-order valence-electron chi connectivity index (χ4n) is 3.22. The number of aromatic nitrogens is 2. The van der Waals surface area contributed by atoms with E-state index in [1.807, 2.05) is 68.7 Å². The molecule has 168 valence electrons. The second kappa shape index (κ2) is 11.7. The normalized spacial score (nSPS) is 11.7. The third-order valence-electron chi connectivity index (χ3n) is 4.83. The number of hydrogen-bond acceptors (Lipinski definition) is 6. The quantitative estimate of drug-likeness (QED) is 0.475. The van der Waals surface area contributed by atoms with Gasteiger partial charge in [0.1, 0.15) is 24.5 Å². The zero-order valence-electron chi connectivity index (χ0n) is 18.4. The minimum atomic E-state index is -1.06. The Morgan fingerprint density at radius 2 is 1.84 bits per heavy atom. The summed E-state index contributed by atoms with van der Waals surface area (Å²) in [4.78, 5) is 23.2. The molecule has 0 saturated heterocycles. The van der Waals surface area contributed by atoms with Gasteiger partial charge in [-0.05, 0) is 56.4 Å². The molecule has 3 aromatic rings. The number of carboxylic acid groups (broad SMARTS) is 1. The molecular weight excluding hydrogens is 406 g/mol. The SMILES string of the molecule is CN(C)CCOc1ccc(NC(Cc2ccccc2)CN(C(=O)O)c2ccncn2)cc1. The van der Waals surface area contributed by atoms with Gasteiger partial charge in [-0.2, -0.15) is 0 Å². The van der Waals surface area contributed by atoms with Gasteiger partial charge in [-0.1, -0.05) is 30.3 Å². The number of nitrogens with zero attached hydrogens (tertiary/aromatic N) is 4. The molecule has 0 aliphatic carbocycles. The number of rotatable bonds is 11. The molecule has 0 saturated carbocycles. The van der Waals surface area contributed by atoms with Crippen LogP contribution in [0.1, 0.15) is 5.56 Å². The minimum absolute atomic E-state index is 0.177. The lowest BCUT2D eigenvalue weighted by Gasteiger charge is -2.26. The summed E-state index contributed by atoms with van der Waals surface area (Å²) in [6, 6.07) is 19.1. The molecule has 1 aromatic heterocycles. The topological polar surface area (TPSA) is 90.8 Å². The molecule has 0 fully saturated rings. The van der Waals surface area contributed by atoms with Crippen molar-refractivity contribution in [3.8, 4) is 5.75 Å². The highest BCUT2D eigenvalue weighted by molar-refractivity contribution is 5.84. The molecular formula is C24H29N5O3. The molecule has 1 atom stereocenters. The van der Waals surface area contributed by atoms with Crippen LogP contribution in [0, 0.1) is 0 Å². The van der Waals surface area contributed by atoms with E-state index in [2.05, 4.69) is 20.2 Å². The van der Waals surface area contributed by atoms with Crippen LogP contribution in [0.2, 0.25) is 0 Å². The van der Waals surface area contributed by atoms with Crippen molar-refractivity contribution in [3.63, 3.8) is 0 Å². The van der Waals surface area contributed by atoms with Crippen LogP contribution in [-0.4, -0.2) is 65.9 Å². The van der Waals surface area contributed by atoms with Crippen molar-refractivity contribution >= 4 is 17.6 Å². The Balaban J connectivity index is 1.73. The molecule has 0 bridgehead atoms. The molecule has 0 aliphatic heterocycles. The predicted molar refractivity (Wildman–Crippen MR) is 125 cm³/mol. The molecule has 1 heterocycles. The van der Waals surface area contributed by atoms with E-state index in [0.717, 1.165) is 23.5 Å². The first kappa shape index (κ1) is 23.0. The van der Waals surface area contributed by atoms with Gasteiger partial charge in [0.2, 0.25) is 0 Å². The van der Waals surface area contributed by atoms with Gasteiger partial charge in [-0.25, -0.2) is 14.8 Å². The van der Waals surface area contributed by atoms with Crippen molar-refractivity contribution in [1.29, 1.82) is 0 Å². The first-order chi connectivity index (χ1) is 15.5. The van der Waals surface area contributed by atoms with E-state index in [1.54, 1.807) is 6.07 Å². The molecule has 8 nitrogen and oxygen atoms in total. The molecule has 2 aromatic carbocycles. The van der Waals surface area contributed by atoms with E-state index >= 15 is 0 Å². The molecule has 32 heavy (non-hydrogen) atoms. The number of anilines is 2. The first-order valence-electron chi connectivity index (χ1n) is 10.5. The molecule has 3 rings (SSSR count). The summed E-state index contributed by atoms with van der Waals surface area (Å²) in [7, 11) is 4.01. The summed E-state index contributed by atoms with van der Waals surface area (Å²) in [6.45, 7) is 1.68. The summed E-state index contributed by atoms with van der Waals surface area (Å²) in [5.41, 5.74) is 2.00. The highest BCUT2D eigenvalue weighted by Gasteiger charge is 2.21. The Hall–Kier alpha value is -3.65. The Morgan fingerprint density at radius 3 is 2.47 bits per heavy atom. The highest BCUT2D eigenvalue weighted by atomic mass is 16.5. The lowest BCUT2D eigenvalue weighted by atomic mass is 10.0. The number of hydrogen-bond donors (Lipinski definition) is 2. The Labute approximate surface area is 188 Å². The molecule has 0 aliphatic rings. The van der Waals surface area contributed by atoms with Crippen LogP contribution in [0.4, 0.5) is 16.3 Å². The van der Waals surface area contributed by atoms with Crippen LogP contribution in [-0.2, 0) is 6.42 Å². The van der Waals surface area contributed by atoms with Crippen LogP contribution in [0.15, 0.2) is 73.2 Å². The van der Waals surface area contributed by atoms with Crippen molar-refractivity contribution in [2.24, 2.45) is 0 Å². The summed E-state index contributed by atoms with van der Waals surface area (Å²) in [5.74, 6) is 1.14. The van der Waals surface area contributed by atoms with E-state index in [4.69, 9.17) is 4.74 Å². The van der Waals surface area contributed by atoms with Gasteiger partial charge in [0.05, 0.1) is 6.54 Å². The second-order valence-electron chi connectivity index (χ2n) is 7.67. The van der Waals surface area contributed by atoms with E-state index in [-0.39, 0.29) is 12.6 Å². The van der Waals surface area contributed by atoms with E-state index < -0.39 is 6.09 Å². The van der Waals surface area contributed by atoms with Gasteiger partial charge in [-0.3, -0.25) is 4.90 Å². The zero-order chi connectivity index (χ0) is 22.8. The fourth-order valence-corrected chi connectivity index (χ4v) is 3.22. The summed E-state index contributed by atoms with van der Waals surface area (Å²) < 4.78 is 5.76. The maximum atomic E-state index is 12.0. The summed E-state index contributed by atoms with van der Waals surface area (Å²) in [5, 5.41) is 13.3. The Morgan fingerprint density at radius 1 is 1.09 bits per heavy atom. The van der Waals surface area contributed by atoms with E-state index in [0.29, 0.717) is 18.8 Å². The molecule has 1 unspecified atom stereocenters. The van der Waals surface area contributed by atoms with Gasteiger partial charge in [0.25, 0.3) is 0 Å². The van der Waals surface area contributed by atoms with Crippen molar-refractivity contribution in [1.82, 2.24) is 14.9 Å². The largest absolute Gasteiger partial charge is 0.492 e. The van der Waals surface area contributed by atoms with Crippen molar-refractivity contribution in [2.45, 2.75) is 12.5 Å². The van der Waals surface area contributed by atoms with Gasteiger partial charge in [-0.15, -0.1) is 0 Å². The number of carbonyl (C=O) groups is 1. The standard InChI is InChI=1S/C24H29N5O3/c1-28(2)14-15-32-22-10-8-20(9-11-22)27-21(16-19-6-4-3-5-7-19)17-29(24(30)31)23-12-13-25-18-26-23/h3-13,18,21,27H,14-17H2,1-2H3,(H,30,31). The number of benzene rings is 2. The van der Waals surface area contributed by atoms with Crippen molar-refractivity contribution in [2.75, 3.05) is 44.0 Å². The maximum Gasteiger partial charge on any atom is 0.413 e. The first-order valence-corrected chi connectivity index (χ1v) is 10.5. The maximum absolute atomic E-state index is 12.0. The average molecular weight is 436 g/mol. The fraction of sp³-hybridized carbons (Fsp3) is 0.292. The number of amides is 1. The number of ether oxygens (including phenoxy) is 1. The van der Waals surface area contributed by atoms with Crippen LogP contribution in [0.25, 0.3) is 0 Å². The second-order valence-corrected chi connectivity index (χ2v) is 7.67. The smallest absolute Gasteiger partial charge is 0.413 e. The summed E-state index contributed by atoms with van der Waals surface area (Å²) in [6.07, 6.45) is 2.47. The molecule has 0 radical (unpaired) electrons. The van der Waals surface area contributed by atoms with Crippen molar-refractivity contribution < 1.29 is 14.6 Å². The predicted octanol–water partition coefficient (Wildman–Crippen LogP) is 3.62. The zero-order valence-corrected chi connectivity index (χ0v) is 18.4. The Bertz CT molecular complexity index is 952. The van der Waals surface area contributed by atoms with Gasteiger partial charge in [0.15, 0.2) is 0 Å². The van der Waals surface area contributed by atoms with Gasteiger partial charge < -0.3 is 20.1 Å². The van der Waals surface area contributed by atoms with Gasteiger partial charge >= 0.3 is 6.09 Å². The van der Waals surface area contributed by atoms with Crippen LogP contribution in [0.3, 0.4) is 0 Å². The van der Waals surface area contributed by atoms with Crippen LogP contribution < -0.4 is 15.0 Å². The van der Waals surface area contributed by atoms with E-state index in [9.17, 15) is 9.90 Å². The Kier molecular flexibility index (Phi) is 8.39. The number of nitrogens with one attached hydrogen (secondary N) is 1. The average Bonchev–Trinajstić information content (AvgIpc) is 2.79. The monoisotopic (exact) mass is 435 g/mol. The van der Waals surface area contributed by atoms with Crippen LogP contribution >= 0.6 is 0 Å². The van der Waals surface area contributed by atoms with Crippen molar-refractivity contribution in [3.05, 3.63) is 78.8 Å². The lowest BCUT2D eigenvalue weighted by molar-refractivity contribution is 0.201. The summed E-state index contributed by atoms with van der Waals surface area (Å²) >= 11 is 0. The highest BCUT2D eigenvalue weighted by Crippen LogP contribution is 2.19.